The van der Waals surface area contributed by atoms with Crippen molar-refractivity contribution in [3.8, 4) is 22.4 Å². The number of anilines is 1. The van der Waals surface area contributed by atoms with E-state index in [4.69, 9.17) is 16.6 Å². The molecule has 0 unspecified atom stereocenters. The smallest absolute Gasteiger partial charge is 0.306 e. The topological polar surface area (TPSA) is 73.7 Å². The van der Waals surface area contributed by atoms with Crippen LogP contribution in [0, 0.1) is 18.8 Å². The van der Waals surface area contributed by atoms with Gasteiger partial charge in [-0.2, -0.15) is 0 Å². The average Bonchev–Trinajstić information content (AvgIpc) is 3.83. The average molecular weight is 558 g/mol. The lowest BCUT2D eigenvalue weighted by molar-refractivity contribution is -0.142. The number of rotatable bonds is 6. The highest BCUT2D eigenvalue weighted by Crippen LogP contribution is 2.39. The first kappa shape index (κ1) is 26.8. The van der Waals surface area contributed by atoms with Crippen LogP contribution in [0.25, 0.3) is 22.4 Å². The molecule has 6 nitrogen and oxygen atoms in total. The summed E-state index contributed by atoms with van der Waals surface area (Å²) in [6, 6.07) is 18.7. The molecule has 2 aromatic carbocycles. The molecule has 208 valence electrons. The van der Waals surface area contributed by atoms with E-state index in [-0.39, 0.29) is 5.92 Å². The van der Waals surface area contributed by atoms with Gasteiger partial charge in [0.25, 0.3) is 0 Å². The van der Waals surface area contributed by atoms with Gasteiger partial charge in [0.1, 0.15) is 5.82 Å². The molecule has 1 saturated carbocycles. The lowest BCUT2D eigenvalue weighted by Crippen LogP contribution is -2.38. The van der Waals surface area contributed by atoms with Crippen LogP contribution in [0.15, 0.2) is 54.6 Å². The summed E-state index contributed by atoms with van der Waals surface area (Å²) < 4.78 is 0. The monoisotopic (exact) mass is 557 g/mol. The number of hydrogen-bond donors (Lipinski definition) is 1. The normalized spacial score (nSPS) is 18.6. The fraction of sp³-hybridized carbons (Fsp3) is 0.424. The molecular formula is C33H36ClN3O3. The molecule has 0 bridgehead atoms. The summed E-state index contributed by atoms with van der Waals surface area (Å²) in [5, 5.41) is 10.0. The number of halogens is 1. The molecule has 7 heteroatoms. The SMILES string of the molecule is Cc1cc(-c2ccc(Cl)cc2-c2cccc(N3CCC(C(=O)O)CC3)n2)ccc1C1CCN(C(=O)C2CC2)CC1. The molecule has 3 heterocycles. The highest BCUT2D eigenvalue weighted by Gasteiger charge is 2.35. The van der Waals surface area contributed by atoms with E-state index < -0.39 is 5.97 Å². The zero-order valence-electron chi connectivity index (χ0n) is 23.0. The van der Waals surface area contributed by atoms with Gasteiger partial charge in [-0.25, -0.2) is 4.98 Å². The van der Waals surface area contributed by atoms with Gasteiger partial charge in [-0.15, -0.1) is 0 Å². The molecule has 0 radical (unpaired) electrons. The summed E-state index contributed by atoms with van der Waals surface area (Å²) in [4.78, 5) is 33.1. The van der Waals surface area contributed by atoms with Crippen LogP contribution in [0.3, 0.4) is 0 Å². The summed E-state index contributed by atoms with van der Waals surface area (Å²) in [6.07, 6.45) is 5.43. The molecule has 3 aromatic rings. The van der Waals surface area contributed by atoms with Gasteiger partial charge in [0.2, 0.25) is 5.91 Å². The Morgan fingerprint density at radius 1 is 0.850 bits per heavy atom. The lowest BCUT2D eigenvalue weighted by atomic mass is 9.85. The number of nitrogens with zero attached hydrogens (tertiary/aromatic N) is 3. The van der Waals surface area contributed by atoms with Gasteiger partial charge in [0.15, 0.2) is 0 Å². The zero-order chi connectivity index (χ0) is 27.8. The molecule has 1 aliphatic carbocycles. The third-order valence-electron chi connectivity index (χ3n) is 8.91. The summed E-state index contributed by atoms with van der Waals surface area (Å²) in [6.45, 7) is 5.28. The van der Waals surface area contributed by atoms with Crippen LogP contribution in [0.1, 0.15) is 55.6 Å². The van der Waals surface area contributed by atoms with Crippen molar-refractivity contribution in [3.63, 3.8) is 0 Å². The molecule has 0 atom stereocenters. The Labute approximate surface area is 241 Å². The van der Waals surface area contributed by atoms with Crippen molar-refractivity contribution >= 4 is 29.3 Å². The maximum absolute atomic E-state index is 12.5. The van der Waals surface area contributed by atoms with Crippen molar-refractivity contribution in [2.24, 2.45) is 11.8 Å². The summed E-state index contributed by atoms with van der Waals surface area (Å²) in [5.74, 6) is 1.02. The number of carboxylic acids is 1. The molecule has 0 spiro atoms. The number of carbonyl (C=O) groups excluding carboxylic acids is 1. The molecule has 3 aliphatic rings. The molecule has 1 N–H and O–H groups in total. The van der Waals surface area contributed by atoms with E-state index in [1.54, 1.807) is 0 Å². The van der Waals surface area contributed by atoms with Gasteiger partial charge in [-0.05, 0) is 97.9 Å². The van der Waals surface area contributed by atoms with Crippen LogP contribution in [-0.2, 0) is 9.59 Å². The van der Waals surface area contributed by atoms with Crippen LogP contribution >= 0.6 is 11.6 Å². The van der Waals surface area contributed by atoms with E-state index in [1.807, 2.05) is 30.3 Å². The van der Waals surface area contributed by atoms with Crippen LogP contribution < -0.4 is 4.90 Å². The van der Waals surface area contributed by atoms with Crippen molar-refractivity contribution < 1.29 is 14.7 Å². The third-order valence-corrected chi connectivity index (χ3v) is 9.15. The first-order chi connectivity index (χ1) is 19.4. The fourth-order valence-electron chi connectivity index (χ4n) is 6.39. The minimum absolute atomic E-state index is 0.275. The van der Waals surface area contributed by atoms with Gasteiger partial charge in [-0.3, -0.25) is 9.59 Å². The second-order valence-corrected chi connectivity index (χ2v) is 12.1. The number of aromatic nitrogens is 1. The predicted molar refractivity (Wildman–Crippen MR) is 159 cm³/mol. The van der Waals surface area contributed by atoms with Crippen molar-refractivity contribution in [1.29, 1.82) is 0 Å². The number of aliphatic carboxylic acids is 1. The van der Waals surface area contributed by atoms with E-state index in [0.29, 0.717) is 48.7 Å². The number of carboxylic acid groups (broad SMARTS) is 1. The molecular weight excluding hydrogens is 522 g/mol. The molecule has 2 aliphatic heterocycles. The Bertz CT molecular complexity index is 1420. The first-order valence-electron chi connectivity index (χ1n) is 14.5. The number of likely N-dealkylation sites (tertiary alicyclic amines) is 1. The van der Waals surface area contributed by atoms with Crippen molar-refractivity contribution in [2.75, 3.05) is 31.1 Å². The molecule has 40 heavy (non-hydrogen) atoms. The molecule has 1 aromatic heterocycles. The van der Waals surface area contributed by atoms with Crippen LogP contribution in [0.4, 0.5) is 5.82 Å². The van der Waals surface area contributed by atoms with E-state index in [9.17, 15) is 14.7 Å². The maximum Gasteiger partial charge on any atom is 0.306 e. The highest BCUT2D eigenvalue weighted by atomic mass is 35.5. The van der Waals surface area contributed by atoms with Gasteiger partial charge < -0.3 is 14.9 Å². The maximum atomic E-state index is 12.5. The van der Waals surface area contributed by atoms with E-state index in [2.05, 4.69) is 41.0 Å². The Kier molecular flexibility index (Phi) is 7.54. The number of aryl methyl sites for hydroxylation is 1. The van der Waals surface area contributed by atoms with Gasteiger partial charge in [0.05, 0.1) is 11.6 Å². The quantitative estimate of drug-likeness (QED) is 0.361. The minimum atomic E-state index is -0.708. The fourth-order valence-corrected chi connectivity index (χ4v) is 6.56. The number of carbonyl (C=O) groups is 2. The van der Waals surface area contributed by atoms with E-state index in [0.717, 1.165) is 67.0 Å². The van der Waals surface area contributed by atoms with Crippen molar-refractivity contribution in [1.82, 2.24) is 9.88 Å². The van der Waals surface area contributed by atoms with Crippen LogP contribution in [0.2, 0.25) is 5.02 Å². The zero-order valence-corrected chi connectivity index (χ0v) is 23.7. The summed E-state index contributed by atoms with van der Waals surface area (Å²) >= 11 is 6.48. The Morgan fingerprint density at radius 3 is 2.27 bits per heavy atom. The number of benzene rings is 2. The van der Waals surface area contributed by atoms with E-state index in [1.165, 1.54) is 11.1 Å². The summed E-state index contributed by atoms with van der Waals surface area (Å²) in [5.41, 5.74) is 6.69. The summed E-state index contributed by atoms with van der Waals surface area (Å²) in [7, 11) is 0. The predicted octanol–water partition coefficient (Wildman–Crippen LogP) is 6.79. The standard InChI is InChI=1S/C33H36ClN3O3/c1-21-19-25(7-9-27(21)22-11-17-37(18-12-22)32(38)23-5-6-23)28-10-8-26(34)20-29(28)30-3-2-4-31(35-30)36-15-13-24(14-16-36)33(39)40/h2-4,7-10,19-20,22-24H,5-6,11-18H2,1H3,(H,39,40). The van der Waals surface area contributed by atoms with Crippen LogP contribution in [0.5, 0.6) is 0 Å². The molecule has 3 fully saturated rings. The molecule has 2 saturated heterocycles. The molecule has 6 rings (SSSR count). The van der Waals surface area contributed by atoms with Crippen LogP contribution in [-0.4, -0.2) is 53.0 Å². The van der Waals surface area contributed by atoms with Gasteiger partial charge >= 0.3 is 5.97 Å². The Morgan fingerprint density at radius 2 is 1.60 bits per heavy atom. The second-order valence-electron chi connectivity index (χ2n) is 11.6. The number of pyridine rings is 1. The number of hydrogen-bond acceptors (Lipinski definition) is 4. The lowest BCUT2D eigenvalue weighted by Gasteiger charge is -2.33. The Hall–Kier alpha value is -3.38. The van der Waals surface area contributed by atoms with Gasteiger partial charge in [0, 0.05) is 42.7 Å². The third kappa shape index (κ3) is 5.60. The first-order valence-corrected chi connectivity index (χ1v) is 14.9. The minimum Gasteiger partial charge on any atom is -0.481 e. The van der Waals surface area contributed by atoms with Crippen molar-refractivity contribution in [3.05, 3.63) is 70.7 Å². The number of piperidine rings is 2. The van der Waals surface area contributed by atoms with Crippen molar-refractivity contribution in [2.45, 2.75) is 51.4 Å². The van der Waals surface area contributed by atoms with Gasteiger partial charge in [-0.1, -0.05) is 41.9 Å². The largest absolute Gasteiger partial charge is 0.481 e. The highest BCUT2D eigenvalue weighted by molar-refractivity contribution is 6.31. The van der Waals surface area contributed by atoms with E-state index >= 15 is 0 Å². The number of amides is 1. The Balaban J connectivity index is 1.22. The second kappa shape index (κ2) is 11.2. The molecule has 1 amide bonds.